The number of aromatic amines is 1. The Bertz CT molecular complexity index is 1350. The molecular weight excluding hydrogens is 404 g/mol. The fourth-order valence-electron chi connectivity index (χ4n) is 3.32. The van der Waals surface area contributed by atoms with E-state index in [9.17, 15) is 4.79 Å². The molecule has 0 saturated carbocycles. The van der Waals surface area contributed by atoms with Crippen LogP contribution in [0.3, 0.4) is 0 Å². The van der Waals surface area contributed by atoms with Crippen LogP contribution in [0.25, 0.3) is 21.3 Å². The minimum absolute atomic E-state index is 0.0274. The van der Waals surface area contributed by atoms with Crippen LogP contribution in [-0.4, -0.2) is 19.5 Å². The lowest BCUT2D eigenvalue weighted by Crippen LogP contribution is -2.23. The molecule has 1 N–H and O–H groups in total. The molecule has 0 saturated heterocycles. The molecule has 0 amide bonds. The summed E-state index contributed by atoms with van der Waals surface area (Å²) < 4.78 is 7.19. The number of thiophene rings is 1. The number of H-pyrrole nitrogens is 1. The number of imidazole rings is 1. The maximum atomic E-state index is 13.3. The number of thioether (sulfide) groups is 1. The number of fused-ring (bicyclic) bond motifs is 2. The fraction of sp³-hybridized carbons (Fsp3) is 0.190. The second kappa shape index (κ2) is 7.20. The van der Waals surface area contributed by atoms with Crippen molar-refractivity contribution in [1.82, 2.24) is 19.5 Å². The van der Waals surface area contributed by atoms with E-state index in [4.69, 9.17) is 9.40 Å². The van der Waals surface area contributed by atoms with Crippen LogP contribution in [-0.2, 0) is 12.3 Å². The van der Waals surface area contributed by atoms with Gasteiger partial charge < -0.3 is 9.40 Å². The van der Waals surface area contributed by atoms with Crippen molar-refractivity contribution >= 4 is 44.3 Å². The molecule has 5 aromatic rings. The first-order valence-corrected chi connectivity index (χ1v) is 11.0. The van der Waals surface area contributed by atoms with E-state index in [1.165, 1.54) is 11.8 Å². The third-order valence-corrected chi connectivity index (χ3v) is 7.01. The van der Waals surface area contributed by atoms with Crippen molar-refractivity contribution in [3.63, 3.8) is 0 Å². The molecule has 0 unspecified atom stereocenters. The van der Waals surface area contributed by atoms with Gasteiger partial charge in [-0.2, -0.15) is 0 Å². The van der Waals surface area contributed by atoms with Crippen LogP contribution in [0, 0.1) is 13.8 Å². The van der Waals surface area contributed by atoms with Gasteiger partial charge in [0, 0.05) is 4.88 Å². The molecule has 0 radical (unpaired) electrons. The van der Waals surface area contributed by atoms with Crippen LogP contribution in [0.1, 0.15) is 22.0 Å². The Hall–Kier alpha value is -2.84. The van der Waals surface area contributed by atoms with E-state index in [0.29, 0.717) is 22.8 Å². The number of rotatable bonds is 5. The number of nitrogens with one attached hydrogen (secondary N) is 1. The zero-order valence-corrected chi connectivity index (χ0v) is 17.6. The van der Waals surface area contributed by atoms with E-state index in [1.807, 2.05) is 50.2 Å². The summed E-state index contributed by atoms with van der Waals surface area (Å²) in [6, 6.07) is 11.6. The Morgan fingerprint density at radius 3 is 2.83 bits per heavy atom. The van der Waals surface area contributed by atoms with Gasteiger partial charge in [-0.15, -0.1) is 11.3 Å². The predicted molar refractivity (Wildman–Crippen MR) is 117 cm³/mol. The first-order chi connectivity index (χ1) is 14.1. The lowest BCUT2D eigenvalue weighted by molar-refractivity contribution is 0.476. The second-order valence-corrected chi connectivity index (χ2v) is 8.96. The van der Waals surface area contributed by atoms with Crippen molar-refractivity contribution in [1.29, 1.82) is 0 Å². The summed E-state index contributed by atoms with van der Waals surface area (Å²) >= 11 is 3.07. The molecule has 0 aliphatic heterocycles. The highest BCUT2D eigenvalue weighted by Crippen LogP contribution is 2.29. The Morgan fingerprint density at radius 2 is 2.03 bits per heavy atom. The summed E-state index contributed by atoms with van der Waals surface area (Å²) in [5, 5.41) is 1.37. The zero-order valence-electron chi connectivity index (χ0n) is 15.9. The third kappa shape index (κ3) is 3.28. The highest BCUT2D eigenvalue weighted by Gasteiger charge is 2.18. The zero-order chi connectivity index (χ0) is 20.0. The molecule has 0 fully saturated rings. The van der Waals surface area contributed by atoms with Crippen molar-refractivity contribution in [3.8, 4) is 0 Å². The van der Waals surface area contributed by atoms with Crippen LogP contribution >= 0.6 is 23.1 Å². The van der Waals surface area contributed by atoms with E-state index in [0.717, 1.165) is 37.9 Å². The Labute approximate surface area is 174 Å². The summed E-state index contributed by atoms with van der Waals surface area (Å²) in [6.07, 6.45) is 1.62. The lowest BCUT2D eigenvalue weighted by Gasteiger charge is -2.10. The van der Waals surface area contributed by atoms with Gasteiger partial charge in [-0.05, 0) is 43.7 Å². The second-order valence-electron chi connectivity index (χ2n) is 6.82. The predicted octanol–water partition coefficient (Wildman–Crippen LogP) is 4.88. The number of aromatic nitrogens is 4. The van der Waals surface area contributed by atoms with Crippen LogP contribution < -0.4 is 5.56 Å². The molecule has 0 spiro atoms. The van der Waals surface area contributed by atoms with Crippen LogP contribution in [0.2, 0.25) is 0 Å². The van der Waals surface area contributed by atoms with Crippen molar-refractivity contribution in [2.75, 3.05) is 0 Å². The Balaban J connectivity index is 1.56. The molecule has 29 heavy (non-hydrogen) atoms. The molecule has 5 rings (SSSR count). The highest BCUT2D eigenvalue weighted by atomic mass is 32.2. The van der Waals surface area contributed by atoms with Gasteiger partial charge in [0.25, 0.3) is 5.56 Å². The Morgan fingerprint density at radius 1 is 1.17 bits per heavy atom. The van der Waals surface area contributed by atoms with E-state index in [-0.39, 0.29) is 5.56 Å². The normalized spacial score (nSPS) is 11.7. The van der Waals surface area contributed by atoms with E-state index < -0.39 is 0 Å². The van der Waals surface area contributed by atoms with Crippen molar-refractivity contribution in [3.05, 3.63) is 75.0 Å². The number of hydrogen-bond donors (Lipinski definition) is 1. The molecule has 6 nitrogen and oxygen atoms in total. The first kappa shape index (κ1) is 18.2. The summed E-state index contributed by atoms with van der Waals surface area (Å²) in [7, 11) is 0. The van der Waals surface area contributed by atoms with Gasteiger partial charge in [-0.3, -0.25) is 9.36 Å². The van der Waals surface area contributed by atoms with Gasteiger partial charge in [0.2, 0.25) is 0 Å². The highest BCUT2D eigenvalue weighted by molar-refractivity contribution is 7.98. The van der Waals surface area contributed by atoms with Crippen LogP contribution in [0.5, 0.6) is 0 Å². The van der Waals surface area contributed by atoms with Crippen molar-refractivity contribution in [2.24, 2.45) is 0 Å². The number of para-hydroxylation sites is 2. The Kier molecular flexibility index (Phi) is 4.52. The molecule has 0 atom stereocenters. The van der Waals surface area contributed by atoms with Gasteiger partial charge in [-0.1, -0.05) is 23.9 Å². The molecule has 8 heteroatoms. The first-order valence-electron chi connectivity index (χ1n) is 9.19. The average Bonchev–Trinajstić information content (AvgIpc) is 3.42. The maximum Gasteiger partial charge on any atom is 0.263 e. The molecule has 0 aliphatic carbocycles. The molecule has 4 heterocycles. The quantitative estimate of drug-likeness (QED) is 0.322. The summed E-state index contributed by atoms with van der Waals surface area (Å²) in [5.41, 5.74) is 2.91. The van der Waals surface area contributed by atoms with Crippen LogP contribution in [0.15, 0.2) is 57.0 Å². The summed E-state index contributed by atoms with van der Waals surface area (Å²) in [5.74, 6) is 2.17. The van der Waals surface area contributed by atoms with Crippen molar-refractivity contribution in [2.45, 2.75) is 31.3 Å². The summed E-state index contributed by atoms with van der Waals surface area (Å²) in [4.78, 5) is 28.0. The van der Waals surface area contributed by atoms with Gasteiger partial charge in [-0.25, -0.2) is 9.97 Å². The van der Waals surface area contributed by atoms with Crippen LogP contribution in [0.4, 0.5) is 0 Å². The standard InChI is InChI=1S/C21H18N4O2S2/c1-12-13(2)29-19-18(12)20(26)25(10-14-6-5-9-27-14)21(24-19)28-11-17-22-15-7-3-4-8-16(15)23-17/h3-9H,10-11H2,1-2H3,(H,22,23). The largest absolute Gasteiger partial charge is 0.467 e. The van der Waals surface area contributed by atoms with Gasteiger partial charge in [0.15, 0.2) is 5.16 Å². The average molecular weight is 423 g/mol. The molecule has 4 aromatic heterocycles. The minimum atomic E-state index is -0.0274. The topological polar surface area (TPSA) is 76.7 Å². The monoisotopic (exact) mass is 422 g/mol. The number of furan rings is 1. The summed E-state index contributed by atoms with van der Waals surface area (Å²) in [6.45, 7) is 4.36. The lowest BCUT2D eigenvalue weighted by atomic mass is 10.2. The molecule has 1 aromatic carbocycles. The number of aryl methyl sites for hydroxylation is 2. The minimum Gasteiger partial charge on any atom is -0.467 e. The number of benzene rings is 1. The van der Waals surface area contributed by atoms with Gasteiger partial charge >= 0.3 is 0 Å². The van der Waals surface area contributed by atoms with E-state index in [2.05, 4.69) is 9.97 Å². The van der Waals surface area contributed by atoms with Gasteiger partial charge in [0.05, 0.1) is 35.0 Å². The SMILES string of the molecule is Cc1sc2nc(SCc3nc4ccccc4[nH]3)n(Cc3ccco3)c(=O)c2c1C. The van der Waals surface area contributed by atoms with Crippen molar-refractivity contribution < 1.29 is 4.42 Å². The van der Waals surface area contributed by atoms with E-state index in [1.54, 1.807) is 22.2 Å². The van der Waals surface area contributed by atoms with E-state index >= 15 is 0 Å². The third-order valence-electron chi connectivity index (χ3n) is 4.92. The van der Waals surface area contributed by atoms with Gasteiger partial charge in [0.1, 0.15) is 16.4 Å². The molecular formula is C21H18N4O2S2. The fourth-order valence-corrected chi connectivity index (χ4v) is 5.26. The molecule has 0 aliphatic rings. The number of nitrogens with zero attached hydrogens (tertiary/aromatic N) is 3. The molecule has 146 valence electrons. The smallest absolute Gasteiger partial charge is 0.263 e. The molecule has 0 bridgehead atoms. The maximum absolute atomic E-state index is 13.3. The number of hydrogen-bond acceptors (Lipinski definition) is 6.